The number of carbonyl (C=O) groups excluding carboxylic acids is 1. The summed E-state index contributed by atoms with van der Waals surface area (Å²) in [6.07, 6.45) is 0. The van der Waals surface area contributed by atoms with Gasteiger partial charge in [-0.1, -0.05) is 17.3 Å². The Morgan fingerprint density at radius 3 is 2.89 bits per heavy atom. The van der Waals surface area contributed by atoms with Gasteiger partial charge in [0.1, 0.15) is 12.4 Å². The summed E-state index contributed by atoms with van der Waals surface area (Å²) in [5.74, 6) is 0.211. The highest BCUT2D eigenvalue weighted by Gasteiger charge is 2.27. The maximum atomic E-state index is 10.5. The molecule has 2 rings (SSSR count). The van der Waals surface area contributed by atoms with E-state index in [0.29, 0.717) is 11.3 Å². The molecule has 0 spiro atoms. The number of esters is 1. The topological polar surface area (TPSA) is 89.7 Å². The first-order valence-corrected chi connectivity index (χ1v) is 5.55. The van der Waals surface area contributed by atoms with E-state index in [-0.39, 0.29) is 24.8 Å². The van der Waals surface area contributed by atoms with Crippen LogP contribution in [-0.2, 0) is 14.4 Å². The summed E-state index contributed by atoms with van der Waals surface area (Å²) in [5, 5.41) is 15.8. The molecule has 0 radical (unpaired) electrons. The number of rotatable bonds is 4. The highest BCUT2D eigenvalue weighted by atomic mass is 16.7. The summed E-state index contributed by atoms with van der Waals surface area (Å²) in [5.41, 5.74) is 0.829. The Morgan fingerprint density at radius 1 is 1.37 bits per heavy atom. The molecule has 19 heavy (non-hydrogen) atoms. The van der Waals surface area contributed by atoms with Crippen molar-refractivity contribution in [1.82, 2.24) is 0 Å². The Bertz CT molecular complexity index is 539. The quantitative estimate of drug-likeness (QED) is 0.381. The SMILES string of the molecule is CC(=O)OCCON=C1Oc2ccccc2C1=NO. The molecule has 1 heterocycles. The predicted octanol–water partition coefficient (Wildman–Crippen LogP) is 1.15. The Morgan fingerprint density at radius 2 is 2.16 bits per heavy atom. The fraction of sp³-hybridized carbons (Fsp3) is 0.250. The summed E-state index contributed by atoms with van der Waals surface area (Å²) < 4.78 is 10.0. The lowest BCUT2D eigenvalue weighted by molar-refractivity contribution is -0.142. The number of oxime groups is 2. The van der Waals surface area contributed by atoms with Gasteiger partial charge in [-0.25, -0.2) is 0 Å². The Hall–Kier alpha value is -2.57. The predicted molar refractivity (Wildman–Crippen MR) is 65.4 cm³/mol. The fourth-order valence-corrected chi connectivity index (χ4v) is 1.50. The van der Waals surface area contributed by atoms with E-state index in [0.717, 1.165) is 0 Å². The third kappa shape index (κ3) is 3.01. The summed E-state index contributed by atoms with van der Waals surface area (Å²) in [4.78, 5) is 15.4. The molecule has 7 nitrogen and oxygen atoms in total. The van der Waals surface area contributed by atoms with E-state index in [1.54, 1.807) is 24.3 Å². The molecule has 0 saturated carbocycles. The van der Waals surface area contributed by atoms with Crippen molar-refractivity contribution >= 4 is 17.6 Å². The number of fused-ring (bicyclic) bond motifs is 1. The second-order valence-electron chi connectivity index (χ2n) is 3.62. The van der Waals surface area contributed by atoms with E-state index in [4.69, 9.17) is 14.8 Å². The summed E-state index contributed by atoms with van der Waals surface area (Å²) in [6.45, 7) is 1.48. The van der Waals surface area contributed by atoms with Gasteiger partial charge in [0.15, 0.2) is 12.3 Å². The molecule has 0 atom stereocenters. The number of para-hydroxylation sites is 1. The van der Waals surface area contributed by atoms with Crippen molar-refractivity contribution < 1.29 is 24.3 Å². The average molecular weight is 264 g/mol. The first-order valence-electron chi connectivity index (χ1n) is 5.55. The standard InChI is InChI=1S/C12H12N2O5/c1-8(15)17-6-7-18-14-12-11(13-16)9-4-2-3-5-10(9)19-12/h2-5,16H,6-7H2,1H3. The van der Waals surface area contributed by atoms with E-state index >= 15 is 0 Å². The lowest BCUT2D eigenvalue weighted by atomic mass is 10.1. The summed E-state index contributed by atoms with van der Waals surface area (Å²) in [6, 6.07) is 7.05. The molecular formula is C12H12N2O5. The van der Waals surface area contributed by atoms with Gasteiger partial charge in [0.25, 0.3) is 5.90 Å². The maximum absolute atomic E-state index is 10.5. The smallest absolute Gasteiger partial charge is 0.302 e. The molecule has 1 aromatic carbocycles. The fourth-order valence-electron chi connectivity index (χ4n) is 1.50. The van der Waals surface area contributed by atoms with Gasteiger partial charge in [-0.05, 0) is 17.3 Å². The number of hydrogen-bond acceptors (Lipinski definition) is 7. The van der Waals surface area contributed by atoms with Crippen LogP contribution in [0.3, 0.4) is 0 Å². The van der Waals surface area contributed by atoms with Crippen LogP contribution in [0, 0.1) is 0 Å². The molecule has 1 aromatic rings. The lowest BCUT2D eigenvalue weighted by Crippen LogP contribution is -2.15. The minimum absolute atomic E-state index is 0.0616. The van der Waals surface area contributed by atoms with E-state index in [1.807, 2.05) is 0 Å². The van der Waals surface area contributed by atoms with Crippen molar-refractivity contribution in [3.05, 3.63) is 29.8 Å². The normalized spacial score (nSPS) is 17.1. The average Bonchev–Trinajstić information content (AvgIpc) is 2.75. The van der Waals surface area contributed by atoms with Gasteiger partial charge in [0.2, 0.25) is 0 Å². The molecule has 0 bridgehead atoms. The summed E-state index contributed by atoms with van der Waals surface area (Å²) >= 11 is 0. The highest BCUT2D eigenvalue weighted by molar-refractivity contribution is 6.48. The van der Waals surface area contributed by atoms with Crippen LogP contribution in [0.4, 0.5) is 0 Å². The van der Waals surface area contributed by atoms with Gasteiger partial charge >= 0.3 is 5.97 Å². The molecule has 1 aliphatic rings. The van der Waals surface area contributed by atoms with Crippen LogP contribution < -0.4 is 4.74 Å². The van der Waals surface area contributed by atoms with Gasteiger partial charge in [-0.3, -0.25) is 4.79 Å². The van der Waals surface area contributed by atoms with Crippen LogP contribution in [0.1, 0.15) is 12.5 Å². The van der Waals surface area contributed by atoms with E-state index in [1.165, 1.54) is 6.92 Å². The van der Waals surface area contributed by atoms with Crippen LogP contribution in [0.2, 0.25) is 0 Å². The minimum Gasteiger partial charge on any atom is -0.462 e. The van der Waals surface area contributed by atoms with E-state index in [2.05, 4.69) is 15.0 Å². The Labute approximate surface area is 109 Å². The highest BCUT2D eigenvalue weighted by Crippen LogP contribution is 2.26. The molecule has 0 saturated heterocycles. The van der Waals surface area contributed by atoms with Crippen LogP contribution in [0.5, 0.6) is 5.75 Å². The number of benzene rings is 1. The minimum atomic E-state index is -0.390. The largest absolute Gasteiger partial charge is 0.462 e. The Kier molecular flexibility index (Phi) is 3.97. The third-order valence-electron chi connectivity index (χ3n) is 2.28. The second kappa shape index (κ2) is 5.85. The molecule has 0 fully saturated rings. The molecule has 1 aliphatic heterocycles. The molecule has 1 N–H and O–H groups in total. The van der Waals surface area contributed by atoms with Crippen LogP contribution in [-0.4, -0.2) is 36.0 Å². The maximum Gasteiger partial charge on any atom is 0.302 e. The van der Waals surface area contributed by atoms with Crippen LogP contribution in [0.15, 0.2) is 34.6 Å². The Balaban J connectivity index is 1.97. The number of ether oxygens (including phenoxy) is 2. The zero-order valence-electron chi connectivity index (χ0n) is 10.2. The van der Waals surface area contributed by atoms with Gasteiger partial charge in [-0.15, -0.1) is 0 Å². The van der Waals surface area contributed by atoms with Crippen LogP contribution >= 0.6 is 0 Å². The van der Waals surface area contributed by atoms with Crippen molar-refractivity contribution in [2.24, 2.45) is 10.3 Å². The molecule has 0 aromatic heterocycles. The lowest BCUT2D eigenvalue weighted by Gasteiger charge is -2.01. The number of hydrogen-bond donors (Lipinski definition) is 1. The molecule has 100 valence electrons. The van der Waals surface area contributed by atoms with Crippen molar-refractivity contribution in [1.29, 1.82) is 0 Å². The van der Waals surface area contributed by atoms with E-state index in [9.17, 15) is 4.79 Å². The van der Waals surface area contributed by atoms with Crippen molar-refractivity contribution in [2.75, 3.05) is 13.2 Å². The zero-order chi connectivity index (χ0) is 13.7. The first kappa shape index (κ1) is 12.9. The first-order chi connectivity index (χ1) is 9.22. The van der Waals surface area contributed by atoms with Gasteiger partial charge in [0.05, 0.1) is 5.56 Å². The molecular weight excluding hydrogens is 252 g/mol. The number of nitrogens with zero attached hydrogens (tertiary/aromatic N) is 2. The molecule has 7 heteroatoms. The molecule has 0 unspecified atom stereocenters. The van der Waals surface area contributed by atoms with Gasteiger partial charge in [-0.2, -0.15) is 0 Å². The zero-order valence-corrected chi connectivity index (χ0v) is 10.2. The molecule has 0 aliphatic carbocycles. The second-order valence-corrected chi connectivity index (χ2v) is 3.62. The van der Waals surface area contributed by atoms with Crippen molar-refractivity contribution in [3.8, 4) is 5.75 Å². The van der Waals surface area contributed by atoms with Crippen molar-refractivity contribution in [3.63, 3.8) is 0 Å². The molecule has 0 amide bonds. The van der Waals surface area contributed by atoms with Gasteiger partial charge < -0.3 is 19.5 Å². The number of carbonyl (C=O) groups is 1. The summed E-state index contributed by atoms with van der Waals surface area (Å²) in [7, 11) is 0. The van der Waals surface area contributed by atoms with Gasteiger partial charge in [0, 0.05) is 6.92 Å². The van der Waals surface area contributed by atoms with Crippen LogP contribution in [0.25, 0.3) is 0 Å². The third-order valence-corrected chi connectivity index (χ3v) is 2.28. The van der Waals surface area contributed by atoms with Crippen molar-refractivity contribution in [2.45, 2.75) is 6.92 Å². The van der Waals surface area contributed by atoms with E-state index < -0.39 is 5.97 Å². The monoisotopic (exact) mass is 264 g/mol.